The molecule has 5 heteroatoms. The maximum Gasteiger partial charge on any atom is 0.216 e. The number of amidine groups is 1. The molecule has 1 aliphatic carbocycles. The van der Waals surface area contributed by atoms with Crippen molar-refractivity contribution in [1.82, 2.24) is 4.90 Å². The largest absolute Gasteiger partial charge is 0.359 e. The second kappa shape index (κ2) is 5.47. The van der Waals surface area contributed by atoms with E-state index in [1.807, 2.05) is 11.9 Å². The molecule has 0 aromatic carbocycles. The van der Waals surface area contributed by atoms with E-state index in [1.54, 1.807) is 6.34 Å². The van der Waals surface area contributed by atoms with E-state index in [1.165, 1.54) is 19.3 Å². The van der Waals surface area contributed by atoms with Crippen LogP contribution in [0.15, 0.2) is 4.99 Å². The number of nitrogens with zero attached hydrogens (tertiary/aromatic N) is 2. The fraction of sp³-hybridized carbons (Fsp3) is 0.800. The Kier molecular flexibility index (Phi) is 4.54. The van der Waals surface area contributed by atoms with Crippen molar-refractivity contribution in [2.75, 3.05) is 13.6 Å². The van der Waals surface area contributed by atoms with Gasteiger partial charge in [0.15, 0.2) is 0 Å². The van der Waals surface area contributed by atoms with E-state index in [9.17, 15) is 0 Å². The van der Waals surface area contributed by atoms with Crippen LogP contribution in [0.5, 0.6) is 0 Å². The number of hydrogen-bond acceptors (Lipinski definition) is 2. The van der Waals surface area contributed by atoms with Gasteiger partial charge in [0.05, 0.1) is 11.9 Å². The van der Waals surface area contributed by atoms with E-state index in [2.05, 4.69) is 4.99 Å². The summed E-state index contributed by atoms with van der Waals surface area (Å²) in [7, 11) is 1.96. The van der Waals surface area contributed by atoms with Crippen LogP contribution in [0, 0.1) is 5.41 Å². The monoisotopic (exact) mass is 230 g/mol. The first kappa shape index (κ1) is 12.5. The van der Waals surface area contributed by atoms with Crippen LogP contribution in [0.1, 0.15) is 32.1 Å². The van der Waals surface area contributed by atoms with Crippen molar-refractivity contribution in [2.24, 2.45) is 10.7 Å². The van der Waals surface area contributed by atoms with E-state index < -0.39 is 0 Å². The van der Waals surface area contributed by atoms with Gasteiger partial charge in [0.1, 0.15) is 0 Å². The third-order valence-electron chi connectivity index (χ3n) is 3.26. The molecular formula is C10H19ClN4. The third-order valence-corrected chi connectivity index (χ3v) is 3.35. The number of likely N-dealkylation sites (N-methyl/N-ethyl adjacent to an activating group) is 1. The third kappa shape index (κ3) is 3.18. The Morgan fingerprint density at radius 2 is 2.13 bits per heavy atom. The molecule has 1 fully saturated rings. The van der Waals surface area contributed by atoms with Gasteiger partial charge in [0.25, 0.3) is 0 Å². The Balaban J connectivity index is 2.67. The molecule has 0 radical (unpaired) electrons. The van der Waals surface area contributed by atoms with Gasteiger partial charge in [-0.15, -0.1) is 0 Å². The zero-order chi connectivity index (χ0) is 11.3. The summed E-state index contributed by atoms with van der Waals surface area (Å²) in [5.41, 5.74) is 5.88. The number of halogens is 1. The molecule has 15 heavy (non-hydrogen) atoms. The second-order valence-corrected chi connectivity index (χ2v) is 4.49. The standard InChI is InChI=1S/C10H19ClN4/c1-15(8-14-9(11)13)10(7-12)5-3-2-4-6-10/h8,13H,2-7,12H2,1H3. The number of aliphatic imine (C=N–C) groups is 1. The van der Waals surface area contributed by atoms with Crippen molar-refractivity contribution in [2.45, 2.75) is 37.6 Å². The van der Waals surface area contributed by atoms with Crippen molar-refractivity contribution in [3.63, 3.8) is 0 Å². The van der Waals surface area contributed by atoms with E-state index >= 15 is 0 Å². The topological polar surface area (TPSA) is 65.5 Å². The van der Waals surface area contributed by atoms with Crippen molar-refractivity contribution < 1.29 is 0 Å². The minimum Gasteiger partial charge on any atom is -0.359 e. The highest BCUT2D eigenvalue weighted by molar-refractivity contribution is 6.64. The Morgan fingerprint density at radius 3 is 2.60 bits per heavy atom. The first-order valence-electron chi connectivity index (χ1n) is 5.32. The molecule has 0 saturated heterocycles. The van der Waals surface area contributed by atoms with Gasteiger partial charge in [-0.1, -0.05) is 19.3 Å². The quantitative estimate of drug-likeness (QED) is 0.441. The molecule has 4 nitrogen and oxygen atoms in total. The Morgan fingerprint density at radius 1 is 1.53 bits per heavy atom. The summed E-state index contributed by atoms with van der Waals surface area (Å²) in [5, 5.41) is 6.84. The average Bonchev–Trinajstić information content (AvgIpc) is 2.26. The summed E-state index contributed by atoms with van der Waals surface area (Å²) < 4.78 is 0. The Labute approximate surface area is 96.0 Å². The highest BCUT2D eigenvalue weighted by atomic mass is 35.5. The van der Waals surface area contributed by atoms with Gasteiger partial charge in [-0.2, -0.15) is 0 Å². The number of nitrogens with one attached hydrogen (secondary N) is 1. The van der Waals surface area contributed by atoms with Crippen LogP contribution in [0.2, 0.25) is 0 Å². The van der Waals surface area contributed by atoms with Crippen LogP contribution < -0.4 is 5.73 Å². The molecule has 0 atom stereocenters. The van der Waals surface area contributed by atoms with Gasteiger partial charge in [0, 0.05) is 13.6 Å². The lowest BCUT2D eigenvalue weighted by Gasteiger charge is -2.43. The molecule has 0 amide bonds. The van der Waals surface area contributed by atoms with Crippen LogP contribution in [0.3, 0.4) is 0 Å². The number of nitrogens with two attached hydrogens (primary N) is 1. The van der Waals surface area contributed by atoms with Crippen LogP contribution in [0.4, 0.5) is 0 Å². The summed E-state index contributed by atoms with van der Waals surface area (Å²) in [6.07, 6.45) is 7.54. The van der Waals surface area contributed by atoms with Crippen LogP contribution in [-0.2, 0) is 0 Å². The zero-order valence-corrected chi connectivity index (χ0v) is 9.93. The maximum absolute atomic E-state index is 7.03. The van der Waals surface area contributed by atoms with Crippen LogP contribution >= 0.6 is 11.6 Å². The summed E-state index contributed by atoms with van der Waals surface area (Å²) in [4.78, 5) is 5.80. The number of rotatable bonds is 3. The lowest BCUT2D eigenvalue weighted by Crippen LogP contribution is -2.52. The van der Waals surface area contributed by atoms with Crippen molar-refractivity contribution in [3.8, 4) is 0 Å². The lowest BCUT2D eigenvalue weighted by molar-refractivity contribution is 0.153. The van der Waals surface area contributed by atoms with Gasteiger partial charge in [0.2, 0.25) is 5.29 Å². The van der Waals surface area contributed by atoms with E-state index in [0.717, 1.165) is 12.8 Å². The van der Waals surface area contributed by atoms with E-state index in [0.29, 0.717) is 6.54 Å². The van der Waals surface area contributed by atoms with Crippen molar-refractivity contribution in [3.05, 3.63) is 0 Å². The molecule has 1 rings (SSSR count). The van der Waals surface area contributed by atoms with Gasteiger partial charge in [-0.3, -0.25) is 5.41 Å². The van der Waals surface area contributed by atoms with Crippen LogP contribution in [0.25, 0.3) is 0 Å². The molecule has 0 heterocycles. The molecule has 0 aromatic heterocycles. The van der Waals surface area contributed by atoms with E-state index in [-0.39, 0.29) is 10.8 Å². The minimum absolute atomic E-state index is 0.0219. The van der Waals surface area contributed by atoms with Crippen molar-refractivity contribution in [1.29, 1.82) is 5.41 Å². The molecule has 0 spiro atoms. The molecule has 3 N–H and O–H groups in total. The lowest BCUT2D eigenvalue weighted by atomic mass is 9.81. The summed E-state index contributed by atoms with van der Waals surface area (Å²) in [6, 6.07) is 0. The molecule has 86 valence electrons. The predicted molar refractivity (Wildman–Crippen MR) is 64.7 cm³/mol. The Bertz CT molecular complexity index is 246. The van der Waals surface area contributed by atoms with Gasteiger partial charge in [-0.25, -0.2) is 4.99 Å². The summed E-state index contributed by atoms with van der Waals surface area (Å²) in [5.74, 6) is 0. The van der Waals surface area contributed by atoms with Gasteiger partial charge >= 0.3 is 0 Å². The smallest absolute Gasteiger partial charge is 0.216 e. The molecule has 0 aliphatic heterocycles. The van der Waals surface area contributed by atoms with Crippen molar-refractivity contribution >= 4 is 23.2 Å². The molecule has 1 saturated carbocycles. The zero-order valence-electron chi connectivity index (χ0n) is 9.17. The fourth-order valence-corrected chi connectivity index (χ4v) is 2.21. The summed E-state index contributed by atoms with van der Waals surface area (Å²) in [6.45, 7) is 0.630. The molecule has 0 unspecified atom stereocenters. The molecule has 0 bridgehead atoms. The first-order valence-corrected chi connectivity index (χ1v) is 5.70. The maximum atomic E-state index is 7.03. The second-order valence-electron chi connectivity index (χ2n) is 4.14. The van der Waals surface area contributed by atoms with Gasteiger partial charge in [-0.05, 0) is 24.4 Å². The minimum atomic E-state index is -0.190. The molecular weight excluding hydrogens is 212 g/mol. The number of hydrogen-bond donors (Lipinski definition) is 2. The highest BCUT2D eigenvalue weighted by Crippen LogP contribution is 2.31. The van der Waals surface area contributed by atoms with E-state index in [4.69, 9.17) is 22.7 Å². The average molecular weight is 231 g/mol. The van der Waals surface area contributed by atoms with Gasteiger partial charge < -0.3 is 10.6 Å². The van der Waals surface area contributed by atoms with Crippen LogP contribution in [-0.4, -0.2) is 35.7 Å². The molecule has 1 aliphatic rings. The SMILES string of the molecule is CN(C=NC(=N)Cl)C1(CN)CCCCC1. The fourth-order valence-electron chi connectivity index (χ4n) is 2.17. The normalized spacial score (nSPS) is 20.5. The first-order chi connectivity index (χ1) is 7.10. The predicted octanol–water partition coefficient (Wildman–Crippen LogP) is 1.78. The highest BCUT2D eigenvalue weighted by Gasteiger charge is 2.33. The summed E-state index contributed by atoms with van der Waals surface area (Å²) >= 11 is 5.38. The molecule has 0 aromatic rings. The Hall–Kier alpha value is -0.610.